The second kappa shape index (κ2) is 20.9. The smallest absolute Gasteiger partial charge is 0.759 e. The van der Waals surface area contributed by atoms with Crippen molar-refractivity contribution in [2.24, 2.45) is 0 Å². The van der Waals surface area contributed by atoms with E-state index in [0.29, 0.717) is 0 Å². The van der Waals surface area contributed by atoms with Crippen molar-refractivity contribution >= 4 is 33.7 Å². The number of carboxylic acid groups (broad SMARTS) is 1. The van der Waals surface area contributed by atoms with Gasteiger partial charge in [-0.25, -0.2) is 0 Å². The van der Waals surface area contributed by atoms with Crippen molar-refractivity contribution in [3.05, 3.63) is 0 Å². The Bertz CT molecular complexity index is 352. The Balaban J connectivity index is -0.000000639. The Morgan fingerprint density at radius 2 is 0.958 bits per heavy atom. The third-order valence-electron chi connectivity index (χ3n) is 3.48. The van der Waals surface area contributed by atoms with Crippen LogP contribution in [0.4, 0.5) is 0 Å². The molecule has 0 unspecified atom stereocenters. The SMILES string of the molecule is CCCCCCCCCCCCCCCC(=O)[O-].O=S(=O)([O-])[O-].[Al+3]. The second-order valence-corrected chi connectivity index (χ2v) is 6.59. The van der Waals surface area contributed by atoms with Crippen LogP contribution < -0.4 is 5.11 Å². The molecule has 0 aliphatic heterocycles. The molecule has 140 valence electrons. The van der Waals surface area contributed by atoms with Crippen LogP contribution in [0.3, 0.4) is 0 Å². The molecule has 0 amide bonds. The number of rotatable bonds is 14. The summed E-state index contributed by atoms with van der Waals surface area (Å²) in [4.78, 5) is 10.2. The summed E-state index contributed by atoms with van der Waals surface area (Å²) in [6, 6.07) is 0. The molecule has 0 aromatic rings. The van der Waals surface area contributed by atoms with E-state index in [2.05, 4.69) is 6.92 Å². The van der Waals surface area contributed by atoms with Crippen molar-refractivity contribution in [2.45, 2.75) is 96.8 Å². The van der Waals surface area contributed by atoms with Crippen LogP contribution in [0, 0.1) is 0 Å². The molecule has 0 radical (unpaired) electrons. The van der Waals surface area contributed by atoms with Crippen LogP contribution in [0.5, 0.6) is 0 Å². The average molecular weight is 378 g/mol. The molecule has 0 aliphatic rings. The van der Waals surface area contributed by atoms with Gasteiger partial charge in [0.1, 0.15) is 0 Å². The number of aliphatic carboxylic acids is 1. The maximum absolute atomic E-state index is 10.2. The normalized spacial score (nSPS) is 10.5. The van der Waals surface area contributed by atoms with Gasteiger partial charge in [0.15, 0.2) is 0 Å². The molecule has 0 fully saturated rings. The average Bonchev–Trinajstić information content (AvgIpc) is 2.42. The van der Waals surface area contributed by atoms with Gasteiger partial charge in [-0.3, -0.25) is 8.42 Å². The van der Waals surface area contributed by atoms with E-state index in [1.165, 1.54) is 70.6 Å². The molecular formula is C16H31AlO6S. The Labute approximate surface area is 158 Å². The Hall–Kier alpha value is -0.128. The van der Waals surface area contributed by atoms with E-state index in [-0.39, 0.29) is 23.8 Å². The van der Waals surface area contributed by atoms with Crippen LogP contribution in [0.2, 0.25) is 0 Å². The van der Waals surface area contributed by atoms with Crippen LogP contribution in [0.15, 0.2) is 0 Å². The van der Waals surface area contributed by atoms with E-state index in [1.54, 1.807) is 0 Å². The molecule has 0 N–H and O–H groups in total. The van der Waals surface area contributed by atoms with E-state index in [4.69, 9.17) is 17.5 Å². The number of carbonyl (C=O) groups is 1. The summed E-state index contributed by atoms with van der Waals surface area (Å²) in [5, 5.41) is 10.2. The van der Waals surface area contributed by atoms with Crippen molar-refractivity contribution in [3.8, 4) is 0 Å². The number of carboxylic acids is 1. The largest absolute Gasteiger partial charge is 3.00 e. The van der Waals surface area contributed by atoms with E-state index < -0.39 is 16.4 Å². The van der Waals surface area contributed by atoms with Crippen molar-refractivity contribution < 1.29 is 27.4 Å². The van der Waals surface area contributed by atoms with Crippen LogP contribution in [-0.2, 0) is 15.2 Å². The van der Waals surface area contributed by atoms with Gasteiger partial charge in [-0.2, -0.15) is 0 Å². The van der Waals surface area contributed by atoms with Crippen molar-refractivity contribution in [2.75, 3.05) is 0 Å². The molecule has 0 aromatic carbocycles. The maximum atomic E-state index is 10.2. The Kier molecular flexibility index (Phi) is 25.0. The minimum atomic E-state index is -5.17. The van der Waals surface area contributed by atoms with Gasteiger partial charge in [0.2, 0.25) is 0 Å². The summed E-state index contributed by atoms with van der Waals surface area (Å²) in [6.07, 6.45) is 16.9. The summed E-state index contributed by atoms with van der Waals surface area (Å²) in [6.45, 7) is 2.26. The zero-order valence-corrected chi connectivity index (χ0v) is 16.8. The van der Waals surface area contributed by atoms with E-state index in [9.17, 15) is 9.90 Å². The summed E-state index contributed by atoms with van der Waals surface area (Å²) < 4.78 is 34.1. The second-order valence-electron chi connectivity index (χ2n) is 5.77. The molecule has 0 aliphatic carbocycles. The minimum absolute atomic E-state index is 0. The van der Waals surface area contributed by atoms with Gasteiger partial charge < -0.3 is 19.0 Å². The molecule has 6 nitrogen and oxygen atoms in total. The number of unbranched alkanes of at least 4 members (excludes halogenated alkanes) is 12. The zero-order chi connectivity index (χ0) is 18.0. The fraction of sp³-hybridized carbons (Fsp3) is 0.938. The summed E-state index contributed by atoms with van der Waals surface area (Å²) in [7, 11) is -5.17. The molecule has 0 saturated heterocycles. The Morgan fingerprint density at radius 1 is 0.708 bits per heavy atom. The number of hydrogen-bond donors (Lipinski definition) is 0. The van der Waals surface area contributed by atoms with Crippen LogP contribution in [0.25, 0.3) is 0 Å². The molecular weight excluding hydrogens is 347 g/mol. The maximum Gasteiger partial charge on any atom is 3.00 e. The van der Waals surface area contributed by atoms with Gasteiger partial charge in [0.25, 0.3) is 0 Å². The summed E-state index contributed by atoms with van der Waals surface area (Å²) in [5.74, 6) is -0.905. The molecule has 0 aromatic heterocycles. The summed E-state index contributed by atoms with van der Waals surface area (Å²) in [5.41, 5.74) is 0. The zero-order valence-electron chi connectivity index (χ0n) is 14.8. The molecule has 0 spiro atoms. The molecule has 0 bridgehead atoms. The number of carbonyl (C=O) groups excluding carboxylic acids is 1. The van der Waals surface area contributed by atoms with Gasteiger partial charge >= 0.3 is 17.4 Å². The van der Waals surface area contributed by atoms with E-state index >= 15 is 0 Å². The first-order valence-corrected chi connectivity index (χ1v) is 9.97. The third kappa shape index (κ3) is 43.1. The predicted molar refractivity (Wildman–Crippen MR) is 91.5 cm³/mol. The van der Waals surface area contributed by atoms with Crippen molar-refractivity contribution in [1.82, 2.24) is 0 Å². The van der Waals surface area contributed by atoms with Gasteiger partial charge in [-0.1, -0.05) is 84.0 Å². The fourth-order valence-electron chi connectivity index (χ4n) is 2.29. The Morgan fingerprint density at radius 3 is 1.21 bits per heavy atom. The summed E-state index contributed by atoms with van der Waals surface area (Å²) >= 11 is 0. The van der Waals surface area contributed by atoms with Gasteiger partial charge in [0, 0.05) is 16.4 Å². The van der Waals surface area contributed by atoms with Gasteiger partial charge in [-0.15, -0.1) is 0 Å². The topological polar surface area (TPSA) is 120 Å². The van der Waals surface area contributed by atoms with E-state index in [0.717, 1.165) is 12.8 Å². The van der Waals surface area contributed by atoms with Crippen LogP contribution >= 0.6 is 0 Å². The molecule has 0 saturated carbocycles. The van der Waals surface area contributed by atoms with Crippen molar-refractivity contribution in [3.63, 3.8) is 0 Å². The standard InChI is InChI=1S/C16H32O2.Al.H2O4S/c1-2-3-4-5-6-7-8-9-10-11-12-13-14-15-16(17)18;;1-5(2,3)4/h2-15H2,1H3,(H,17,18);;(H2,1,2,3,4)/q;+3;/p-3. The van der Waals surface area contributed by atoms with E-state index in [1.807, 2.05) is 0 Å². The monoisotopic (exact) mass is 378 g/mol. The minimum Gasteiger partial charge on any atom is -0.759 e. The molecule has 8 heteroatoms. The first-order chi connectivity index (χ1) is 10.8. The first kappa shape index (κ1) is 28.7. The first-order valence-electron chi connectivity index (χ1n) is 8.64. The predicted octanol–water partition coefficient (Wildman–Crippen LogP) is 2.50. The molecule has 0 heterocycles. The van der Waals surface area contributed by atoms with Crippen LogP contribution in [0.1, 0.15) is 96.8 Å². The van der Waals surface area contributed by atoms with Gasteiger partial charge in [-0.05, 0) is 12.8 Å². The quantitative estimate of drug-likeness (QED) is 0.198. The fourth-order valence-corrected chi connectivity index (χ4v) is 2.29. The molecule has 0 rings (SSSR count). The van der Waals surface area contributed by atoms with Crippen molar-refractivity contribution in [1.29, 1.82) is 0 Å². The molecule has 24 heavy (non-hydrogen) atoms. The third-order valence-corrected chi connectivity index (χ3v) is 3.48. The number of hydrogen-bond acceptors (Lipinski definition) is 6. The van der Waals surface area contributed by atoms with Crippen LogP contribution in [-0.4, -0.2) is 40.9 Å². The van der Waals surface area contributed by atoms with Gasteiger partial charge in [0.05, 0.1) is 0 Å². The molecule has 0 atom stereocenters.